The molecule has 0 radical (unpaired) electrons. The van der Waals surface area contributed by atoms with Crippen molar-refractivity contribution < 1.29 is 0 Å². The average molecular weight is 355 g/mol. The lowest BCUT2D eigenvalue weighted by Gasteiger charge is -2.04. The molecule has 4 aromatic rings. The minimum absolute atomic E-state index is 0.117. The second-order valence-corrected chi connectivity index (χ2v) is 7.05. The van der Waals surface area contributed by atoms with Crippen molar-refractivity contribution in [3.63, 3.8) is 0 Å². The normalized spacial score (nSPS) is 11.2. The summed E-state index contributed by atoms with van der Waals surface area (Å²) in [7, 11) is 1.94. The lowest BCUT2D eigenvalue weighted by molar-refractivity contribution is 0.793. The van der Waals surface area contributed by atoms with E-state index in [9.17, 15) is 4.79 Å². The highest BCUT2D eigenvalue weighted by molar-refractivity contribution is 7.98. The first-order chi connectivity index (χ1) is 11.7. The van der Waals surface area contributed by atoms with Gasteiger partial charge in [0.15, 0.2) is 11.0 Å². The highest BCUT2D eigenvalue weighted by atomic mass is 32.2. The molecule has 3 heterocycles. The molecule has 0 atom stereocenters. The van der Waals surface area contributed by atoms with Gasteiger partial charge in [0, 0.05) is 7.05 Å². The summed E-state index contributed by atoms with van der Waals surface area (Å²) in [6.07, 6.45) is 0. The van der Waals surface area contributed by atoms with Crippen LogP contribution in [0.25, 0.3) is 21.6 Å². The van der Waals surface area contributed by atoms with E-state index >= 15 is 0 Å². The summed E-state index contributed by atoms with van der Waals surface area (Å²) in [5.41, 5.74) is 0.586. The van der Waals surface area contributed by atoms with Gasteiger partial charge in [-0.3, -0.25) is 4.79 Å². The number of thiophene rings is 1. The number of aromatic amines is 1. The number of H-pyrrole nitrogens is 1. The number of nitrogens with one attached hydrogen (secondary N) is 1. The van der Waals surface area contributed by atoms with E-state index in [1.165, 1.54) is 11.8 Å². The lowest BCUT2D eigenvalue weighted by atomic mass is 10.2. The number of fused-ring (bicyclic) bond motifs is 1. The van der Waals surface area contributed by atoms with Gasteiger partial charge in [-0.2, -0.15) is 0 Å². The third kappa shape index (κ3) is 2.74. The molecule has 1 N–H and O–H groups in total. The van der Waals surface area contributed by atoms with Gasteiger partial charge in [-0.25, -0.2) is 4.98 Å². The number of rotatable bonds is 4. The van der Waals surface area contributed by atoms with E-state index in [0.717, 1.165) is 15.9 Å². The van der Waals surface area contributed by atoms with Crippen molar-refractivity contribution in [2.45, 2.75) is 10.9 Å². The van der Waals surface area contributed by atoms with Crippen LogP contribution in [0.4, 0.5) is 0 Å². The van der Waals surface area contributed by atoms with E-state index in [0.29, 0.717) is 22.5 Å². The highest BCUT2D eigenvalue weighted by Crippen LogP contribution is 2.27. The molecule has 0 aliphatic carbocycles. The Labute approximate surface area is 145 Å². The van der Waals surface area contributed by atoms with Gasteiger partial charge in [-0.15, -0.1) is 21.5 Å². The van der Waals surface area contributed by atoms with E-state index in [1.54, 1.807) is 17.4 Å². The molecule has 0 aliphatic rings. The number of para-hydroxylation sites is 1. The smallest absolute Gasteiger partial charge is 0.258 e. The maximum atomic E-state index is 12.1. The molecule has 0 saturated heterocycles. The summed E-state index contributed by atoms with van der Waals surface area (Å²) in [6.45, 7) is 0. The molecular weight excluding hydrogens is 342 g/mol. The molecule has 1 aromatic carbocycles. The molecule has 4 rings (SSSR count). The Morgan fingerprint density at radius 2 is 2.08 bits per heavy atom. The first kappa shape index (κ1) is 15.1. The Balaban J connectivity index is 1.59. The standard InChI is InChI=1S/C16H13N5OS2/c1-21-14(12-7-4-8-23-12)19-20-16(21)24-9-13-17-11-6-3-2-5-10(11)15(22)18-13/h2-8H,9H2,1H3,(H,17,18,22). The molecule has 0 amide bonds. The number of hydrogen-bond donors (Lipinski definition) is 1. The quantitative estimate of drug-likeness (QED) is 0.569. The monoisotopic (exact) mass is 355 g/mol. The fraction of sp³-hybridized carbons (Fsp3) is 0.125. The second kappa shape index (κ2) is 6.21. The number of nitrogens with zero attached hydrogens (tertiary/aromatic N) is 4. The van der Waals surface area contributed by atoms with Gasteiger partial charge in [0.1, 0.15) is 5.82 Å². The van der Waals surface area contributed by atoms with Crippen LogP contribution < -0.4 is 5.56 Å². The predicted octanol–water partition coefficient (Wildman–Crippen LogP) is 3.07. The van der Waals surface area contributed by atoms with Crippen LogP contribution in [0.2, 0.25) is 0 Å². The maximum Gasteiger partial charge on any atom is 0.258 e. The van der Waals surface area contributed by atoms with Crippen molar-refractivity contribution in [3.05, 3.63) is 58.0 Å². The predicted molar refractivity (Wildman–Crippen MR) is 96.2 cm³/mol. The summed E-state index contributed by atoms with van der Waals surface area (Å²) in [5, 5.41) is 11.9. The van der Waals surface area contributed by atoms with Crippen molar-refractivity contribution in [2.24, 2.45) is 7.05 Å². The van der Waals surface area contributed by atoms with Crippen LogP contribution in [0, 0.1) is 0 Å². The van der Waals surface area contributed by atoms with Crippen LogP contribution in [-0.4, -0.2) is 24.7 Å². The SMILES string of the molecule is Cn1c(SCc2nc3ccccc3c(=O)[nH]2)nnc1-c1cccs1. The largest absolute Gasteiger partial charge is 0.309 e. The third-order valence-corrected chi connectivity index (χ3v) is 5.47. The van der Waals surface area contributed by atoms with Crippen molar-refractivity contribution in [1.82, 2.24) is 24.7 Å². The number of benzene rings is 1. The van der Waals surface area contributed by atoms with Crippen LogP contribution in [-0.2, 0) is 12.8 Å². The van der Waals surface area contributed by atoms with E-state index < -0.39 is 0 Å². The summed E-state index contributed by atoms with van der Waals surface area (Å²) in [6, 6.07) is 11.3. The van der Waals surface area contributed by atoms with E-state index in [1.807, 2.05) is 47.3 Å². The molecule has 24 heavy (non-hydrogen) atoms. The van der Waals surface area contributed by atoms with Crippen molar-refractivity contribution >= 4 is 34.0 Å². The Bertz CT molecular complexity index is 1050. The molecule has 8 heteroatoms. The molecular formula is C16H13N5OS2. The van der Waals surface area contributed by atoms with Crippen LogP contribution >= 0.6 is 23.1 Å². The first-order valence-electron chi connectivity index (χ1n) is 7.26. The average Bonchev–Trinajstić information content (AvgIpc) is 3.23. The number of thioether (sulfide) groups is 1. The van der Waals surface area contributed by atoms with Crippen LogP contribution in [0.3, 0.4) is 0 Å². The van der Waals surface area contributed by atoms with E-state index in [2.05, 4.69) is 20.2 Å². The molecule has 0 saturated carbocycles. The fourth-order valence-electron chi connectivity index (χ4n) is 2.40. The molecule has 6 nitrogen and oxygen atoms in total. The van der Waals surface area contributed by atoms with E-state index in [4.69, 9.17) is 0 Å². The number of hydrogen-bond acceptors (Lipinski definition) is 6. The van der Waals surface area contributed by atoms with Crippen molar-refractivity contribution in [2.75, 3.05) is 0 Å². The first-order valence-corrected chi connectivity index (χ1v) is 9.13. The zero-order valence-electron chi connectivity index (χ0n) is 12.8. The van der Waals surface area contributed by atoms with Gasteiger partial charge in [-0.05, 0) is 23.6 Å². The fourth-order valence-corrected chi connectivity index (χ4v) is 3.92. The zero-order chi connectivity index (χ0) is 16.5. The Hall–Kier alpha value is -2.45. The minimum Gasteiger partial charge on any atom is -0.309 e. The summed E-state index contributed by atoms with van der Waals surface area (Å²) in [4.78, 5) is 20.5. The highest BCUT2D eigenvalue weighted by Gasteiger charge is 2.13. The topological polar surface area (TPSA) is 76.5 Å². The van der Waals surface area contributed by atoms with Gasteiger partial charge >= 0.3 is 0 Å². The Kier molecular flexibility index (Phi) is 3.91. The molecule has 3 aromatic heterocycles. The molecule has 0 aliphatic heterocycles. The Morgan fingerprint density at radius 3 is 2.92 bits per heavy atom. The second-order valence-electron chi connectivity index (χ2n) is 5.16. The van der Waals surface area contributed by atoms with Crippen LogP contribution in [0.5, 0.6) is 0 Å². The van der Waals surface area contributed by atoms with Crippen LogP contribution in [0.1, 0.15) is 5.82 Å². The molecule has 0 spiro atoms. The van der Waals surface area contributed by atoms with Gasteiger partial charge in [0.25, 0.3) is 5.56 Å². The maximum absolute atomic E-state index is 12.1. The Morgan fingerprint density at radius 1 is 1.21 bits per heavy atom. The summed E-state index contributed by atoms with van der Waals surface area (Å²) >= 11 is 3.13. The molecule has 0 bridgehead atoms. The van der Waals surface area contributed by atoms with Gasteiger partial charge in [-0.1, -0.05) is 30.0 Å². The summed E-state index contributed by atoms with van der Waals surface area (Å²) < 4.78 is 1.95. The molecule has 0 unspecified atom stereocenters. The van der Waals surface area contributed by atoms with Gasteiger partial charge < -0.3 is 9.55 Å². The minimum atomic E-state index is -0.117. The molecule has 120 valence electrons. The lowest BCUT2D eigenvalue weighted by Crippen LogP contribution is -2.11. The van der Waals surface area contributed by atoms with Crippen molar-refractivity contribution in [3.8, 4) is 10.7 Å². The molecule has 0 fully saturated rings. The number of aromatic nitrogens is 5. The summed E-state index contributed by atoms with van der Waals surface area (Å²) in [5.74, 6) is 1.99. The van der Waals surface area contributed by atoms with Crippen LogP contribution in [0.15, 0.2) is 51.7 Å². The van der Waals surface area contributed by atoms with Crippen molar-refractivity contribution in [1.29, 1.82) is 0 Å². The van der Waals surface area contributed by atoms with E-state index in [-0.39, 0.29) is 5.56 Å². The van der Waals surface area contributed by atoms with Gasteiger partial charge in [0.2, 0.25) is 0 Å². The third-order valence-electron chi connectivity index (χ3n) is 3.58. The van der Waals surface area contributed by atoms with Gasteiger partial charge in [0.05, 0.1) is 21.5 Å². The zero-order valence-corrected chi connectivity index (χ0v) is 14.4.